The second-order valence-electron chi connectivity index (χ2n) is 2.62. The summed E-state index contributed by atoms with van der Waals surface area (Å²) < 4.78 is 25.4. The Hall–Kier alpha value is -0.860. The first-order valence-electron chi connectivity index (χ1n) is 3.80. The minimum Gasteiger partial charge on any atom is -0.351 e. The zero-order valence-electron chi connectivity index (χ0n) is 6.99. The maximum absolute atomic E-state index is 11.3. The fraction of sp³-hybridized carbons (Fsp3) is 0.800. The Morgan fingerprint density at radius 2 is 1.92 bits per heavy atom. The molecule has 1 fully saturated rings. The molecule has 4 N–H and O–H groups in total. The van der Waals surface area contributed by atoms with Crippen molar-refractivity contribution in [3.8, 4) is 0 Å². The second-order valence-corrected chi connectivity index (χ2v) is 4.29. The number of nitrogens with two attached hydrogens (primary N) is 1. The van der Waals surface area contributed by atoms with E-state index in [1.807, 2.05) is 0 Å². The SMILES string of the molecule is NC(=O)NS(=O)(=O)N1CCNCC1. The van der Waals surface area contributed by atoms with Crippen molar-refractivity contribution in [3.05, 3.63) is 0 Å². The number of piperazine rings is 1. The molecule has 0 bridgehead atoms. The Morgan fingerprint density at radius 3 is 2.38 bits per heavy atom. The van der Waals surface area contributed by atoms with Gasteiger partial charge in [0.25, 0.3) is 0 Å². The van der Waals surface area contributed by atoms with E-state index in [2.05, 4.69) is 5.32 Å². The van der Waals surface area contributed by atoms with Crippen molar-refractivity contribution in [1.29, 1.82) is 0 Å². The highest BCUT2D eigenvalue weighted by molar-refractivity contribution is 7.87. The molecule has 13 heavy (non-hydrogen) atoms. The summed E-state index contributed by atoms with van der Waals surface area (Å²) in [6.45, 7) is 1.87. The second kappa shape index (κ2) is 3.90. The lowest BCUT2D eigenvalue weighted by molar-refractivity contribution is 0.252. The molecule has 0 radical (unpaired) electrons. The van der Waals surface area contributed by atoms with Crippen molar-refractivity contribution in [2.24, 2.45) is 5.73 Å². The molecule has 0 aliphatic carbocycles. The van der Waals surface area contributed by atoms with E-state index in [0.29, 0.717) is 26.2 Å². The molecule has 0 aromatic rings. The minimum atomic E-state index is -3.71. The number of hydrogen-bond acceptors (Lipinski definition) is 4. The van der Waals surface area contributed by atoms with Crippen molar-refractivity contribution in [3.63, 3.8) is 0 Å². The van der Waals surface area contributed by atoms with E-state index in [0.717, 1.165) is 0 Å². The Kier molecular flexibility index (Phi) is 3.07. The van der Waals surface area contributed by atoms with Crippen LogP contribution in [0.5, 0.6) is 0 Å². The first-order chi connectivity index (χ1) is 6.02. The van der Waals surface area contributed by atoms with E-state index >= 15 is 0 Å². The van der Waals surface area contributed by atoms with Crippen molar-refractivity contribution >= 4 is 16.2 Å². The van der Waals surface area contributed by atoms with Gasteiger partial charge in [0.05, 0.1) is 0 Å². The smallest absolute Gasteiger partial charge is 0.326 e. The monoisotopic (exact) mass is 208 g/mol. The van der Waals surface area contributed by atoms with E-state index in [9.17, 15) is 13.2 Å². The number of amides is 2. The molecule has 1 aliphatic rings. The van der Waals surface area contributed by atoms with Gasteiger partial charge in [-0.2, -0.15) is 12.7 Å². The van der Waals surface area contributed by atoms with Gasteiger partial charge in [-0.05, 0) is 0 Å². The van der Waals surface area contributed by atoms with Crippen LogP contribution in [0.2, 0.25) is 0 Å². The number of urea groups is 1. The number of carbonyl (C=O) groups is 1. The fourth-order valence-corrected chi connectivity index (χ4v) is 2.12. The fourth-order valence-electron chi connectivity index (χ4n) is 1.08. The molecule has 2 amide bonds. The summed E-state index contributed by atoms with van der Waals surface area (Å²) in [5.74, 6) is 0. The lowest BCUT2D eigenvalue weighted by Gasteiger charge is -2.25. The van der Waals surface area contributed by atoms with Crippen LogP contribution in [0.4, 0.5) is 4.79 Å². The van der Waals surface area contributed by atoms with Gasteiger partial charge in [-0.3, -0.25) is 0 Å². The molecular weight excluding hydrogens is 196 g/mol. The predicted molar refractivity (Wildman–Crippen MR) is 46.1 cm³/mol. The molecule has 0 spiro atoms. The molecule has 1 rings (SSSR count). The molecule has 0 unspecified atom stereocenters. The van der Waals surface area contributed by atoms with Gasteiger partial charge in [-0.15, -0.1) is 0 Å². The molecule has 8 heteroatoms. The first kappa shape index (κ1) is 10.2. The predicted octanol–water partition coefficient (Wildman–Crippen LogP) is -2.20. The number of carbonyl (C=O) groups excluding carboxylic acids is 1. The summed E-state index contributed by atoms with van der Waals surface area (Å²) >= 11 is 0. The summed E-state index contributed by atoms with van der Waals surface area (Å²) in [6, 6.07) is -1.06. The van der Waals surface area contributed by atoms with Gasteiger partial charge >= 0.3 is 16.2 Å². The van der Waals surface area contributed by atoms with Crippen LogP contribution < -0.4 is 15.8 Å². The molecule has 1 aliphatic heterocycles. The standard InChI is InChI=1S/C5H12N4O3S/c6-5(10)8-13(11,12)9-3-1-7-2-4-9/h7H,1-4H2,(H3,6,8,10). The third-order valence-electron chi connectivity index (χ3n) is 1.65. The van der Waals surface area contributed by atoms with Crippen LogP contribution in [0.15, 0.2) is 0 Å². The average molecular weight is 208 g/mol. The highest BCUT2D eigenvalue weighted by atomic mass is 32.2. The molecule has 0 atom stereocenters. The highest BCUT2D eigenvalue weighted by Crippen LogP contribution is 1.98. The van der Waals surface area contributed by atoms with E-state index < -0.39 is 16.2 Å². The molecule has 1 saturated heterocycles. The zero-order chi connectivity index (χ0) is 9.90. The molecular formula is C5H12N4O3S. The van der Waals surface area contributed by atoms with Crippen LogP contribution in [0.1, 0.15) is 0 Å². The third-order valence-corrected chi connectivity index (χ3v) is 3.15. The third kappa shape index (κ3) is 2.83. The van der Waals surface area contributed by atoms with Crippen molar-refractivity contribution in [2.75, 3.05) is 26.2 Å². The Bertz CT molecular complexity index is 282. The van der Waals surface area contributed by atoms with Crippen molar-refractivity contribution < 1.29 is 13.2 Å². The van der Waals surface area contributed by atoms with E-state index in [-0.39, 0.29) is 0 Å². The van der Waals surface area contributed by atoms with Crippen LogP contribution >= 0.6 is 0 Å². The molecule has 0 aromatic heterocycles. The minimum absolute atomic E-state index is 0.350. The van der Waals surface area contributed by atoms with Gasteiger partial charge in [-0.1, -0.05) is 0 Å². The van der Waals surface area contributed by atoms with E-state index in [1.165, 1.54) is 4.31 Å². The summed E-state index contributed by atoms with van der Waals surface area (Å²) in [7, 11) is -3.71. The largest absolute Gasteiger partial charge is 0.351 e. The van der Waals surface area contributed by atoms with Gasteiger partial charge < -0.3 is 11.1 Å². The number of nitrogens with zero attached hydrogens (tertiary/aromatic N) is 1. The molecule has 0 saturated carbocycles. The maximum atomic E-state index is 11.3. The topological polar surface area (TPSA) is 105 Å². The van der Waals surface area contributed by atoms with E-state index in [1.54, 1.807) is 4.72 Å². The van der Waals surface area contributed by atoms with Gasteiger partial charge in [0.2, 0.25) is 0 Å². The van der Waals surface area contributed by atoms with Crippen molar-refractivity contribution in [2.45, 2.75) is 0 Å². The van der Waals surface area contributed by atoms with Crippen molar-refractivity contribution in [1.82, 2.24) is 14.3 Å². The average Bonchev–Trinajstić information content (AvgIpc) is 2.04. The number of nitrogens with one attached hydrogen (secondary N) is 2. The zero-order valence-corrected chi connectivity index (χ0v) is 7.80. The number of hydrogen-bond donors (Lipinski definition) is 3. The Morgan fingerprint density at radius 1 is 1.38 bits per heavy atom. The van der Waals surface area contributed by atoms with Crippen LogP contribution in [-0.4, -0.2) is 44.9 Å². The Balaban J connectivity index is 2.62. The molecule has 7 nitrogen and oxygen atoms in total. The van der Waals surface area contributed by atoms with Crippen LogP contribution in [0.3, 0.4) is 0 Å². The van der Waals surface area contributed by atoms with Crippen LogP contribution in [-0.2, 0) is 10.2 Å². The normalized spacial score (nSPS) is 19.7. The summed E-state index contributed by atoms with van der Waals surface area (Å²) in [5, 5.41) is 2.99. The lowest BCUT2D eigenvalue weighted by atomic mass is 10.4. The maximum Gasteiger partial charge on any atom is 0.326 e. The lowest BCUT2D eigenvalue weighted by Crippen LogP contribution is -2.52. The number of rotatable bonds is 2. The van der Waals surface area contributed by atoms with Crippen LogP contribution in [0.25, 0.3) is 0 Å². The molecule has 0 aromatic carbocycles. The Labute approximate surface area is 76.5 Å². The van der Waals surface area contributed by atoms with Gasteiger partial charge in [0, 0.05) is 26.2 Å². The summed E-state index contributed by atoms with van der Waals surface area (Å²) in [5.41, 5.74) is 4.71. The van der Waals surface area contributed by atoms with Gasteiger partial charge in [0.1, 0.15) is 0 Å². The molecule has 1 heterocycles. The van der Waals surface area contributed by atoms with E-state index in [4.69, 9.17) is 5.73 Å². The van der Waals surface area contributed by atoms with Crippen LogP contribution in [0, 0.1) is 0 Å². The van der Waals surface area contributed by atoms with Gasteiger partial charge in [-0.25, -0.2) is 9.52 Å². The number of primary amides is 1. The molecule has 76 valence electrons. The van der Waals surface area contributed by atoms with Gasteiger partial charge in [0.15, 0.2) is 0 Å². The first-order valence-corrected chi connectivity index (χ1v) is 5.24. The quantitative estimate of drug-likeness (QED) is 0.479. The summed E-state index contributed by atoms with van der Waals surface area (Å²) in [4.78, 5) is 10.3. The highest BCUT2D eigenvalue weighted by Gasteiger charge is 2.24. The summed E-state index contributed by atoms with van der Waals surface area (Å²) in [6.07, 6.45) is 0.